The fraction of sp³-hybridized carbons (Fsp3) is 0.417. The van der Waals surface area contributed by atoms with E-state index in [1.807, 2.05) is 0 Å². The average Bonchev–Trinajstić information content (AvgIpc) is 2.20. The first-order chi connectivity index (χ1) is 8.23. The van der Waals surface area contributed by atoms with Gasteiger partial charge in [0.05, 0.1) is 12.8 Å². The maximum atomic E-state index is 13.8. The van der Waals surface area contributed by atoms with Crippen LogP contribution in [0.25, 0.3) is 0 Å². The highest BCUT2D eigenvalue weighted by Gasteiger charge is 2.19. The molecular weight excluding hydrogens is 305 g/mol. The molecule has 0 saturated heterocycles. The number of benzene rings is 1. The number of hydrogen-bond donors (Lipinski definition) is 1. The zero-order valence-electron chi connectivity index (χ0n) is 10.6. The standard InChI is InChI=1S/C12H15BrFNO3/c1-12(2,3)18-11(16)15-8-5-7(13)6-9(17-4)10(8)14/h5-6H,1-4H3,(H,15,16). The predicted molar refractivity (Wildman–Crippen MR) is 70.5 cm³/mol. The number of amides is 1. The van der Waals surface area contributed by atoms with Crippen molar-refractivity contribution in [2.24, 2.45) is 0 Å². The maximum Gasteiger partial charge on any atom is 0.412 e. The van der Waals surface area contributed by atoms with Crippen LogP contribution in [-0.2, 0) is 4.74 Å². The van der Waals surface area contributed by atoms with E-state index < -0.39 is 17.5 Å². The van der Waals surface area contributed by atoms with Crippen LogP contribution >= 0.6 is 15.9 Å². The third-order valence-electron chi connectivity index (χ3n) is 1.86. The van der Waals surface area contributed by atoms with Crippen LogP contribution in [0.1, 0.15) is 20.8 Å². The lowest BCUT2D eigenvalue weighted by Crippen LogP contribution is -2.27. The quantitative estimate of drug-likeness (QED) is 0.898. The Labute approximate surface area is 114 Å². The van der Waals surface area contributed by atoms with E-state index in [0.717, 1.165) is 0 Å². The molecule has 0 aliphatic carbocycles. The SMILES string of the molecule is COc1cc(Br)cc(NC(=O)OC(C)(C)C)c1F. The van der Waals surface area contributed by atoms with Gasteiger partial charge in [-0.1, -0.05) is 15.9 Å². The van der Waals surface area contributed by atoms with Gasteiger partial charge in [0, 0.05) is 4.47 Å². The summed E-state index contributed by atoms with van der Waals surface area (Å²) in [6, 6.07) is 2.90. The van der Waals surface area contributed by atoms with Crippen LogP contribution in [0, 0.1) is 5.82 Å². The third kappa shape index (κ3) is 4.18. The molecule has 0 aliphatic heterocycles. The van der Waals surface area contributed by atoms with E-state index in [1.165, 1.54) is 19.2 Å². The Morgan fingerprint density at radius 2 is 2.00 bits per heavy atom. The van der Waals surface area contributed by atoms with Crippen LogP contribution in [-0.4, -0.2) is 18.8 Å². The monoisotopic (exact) mass is 319 g/mol. The minimum atomic E-state index is -0.721. The Balaban J connectivity index is 2.91. The number of carbonyl (C=O) groups excluding carboxylic acids is 1. The second-order valence-corrected chi connectivity index (χ2v) is 5.51. The Morgan fingerprint density at radius 3 is 2.50 bits per heavy atom. The number of halogens is 2. The molecule has 0 bridgehead atoms. The zero-order chi connectivity index (χ0) is 13.9. The predicted octanol–water partition coefficient (Wildman–Crippen LogP) is 3.94. The van der Waals surface area contributed by atoms with Crippen LogP contribution in [0.4, 0.5) is 14.9 Å². The summed E-state index contributed by atoms with van der Waals surface area (Å²) in [5.41, 5.74) is -0.646. The lowest BCUT2D eigenvalue weighted by molar-refractivity contribution is 0.0635. The molecule has 0 radical (unpaired) electrons. The van der Waals surface area contributed by atoms with E-state index in [0.29, 0.717) is 4.47 Å². The molecule has 0 atom stereocenters. The summed E-state index contributed by atoms with van der Waals surface area (Å²) >= 11 is 3.20. The molecule has 1 N–H and O–H groups in total. The minimum absolute atomic E-state index is 0.00419. The molecule has 1 aromatic carbocycles. The van der Waals surface area contributed by atoms with Gasteiger partial charge >= 0.3 is 6.09 Å². The lowest BCUT2D eigenvalue weighted by atomic mass is 10.2. The fourth-order valence-electron chi connectivity index (χ4n) is 1.22. The molecular formula is C12H15BrFNO3. The molecule has 0 spiro atoms. The molecule has 1 amide bonds. The van der Waals surface area contributed by atoms with Gasteiger partial charge in [0.2, 0.25) is 0 Å². The highest BCUT2D eigenvalue weighted by molar-refractivity contribution is 9.10. The molecule has 1 rings (SSSR count). The lowest BCUT2D eigenvalue weighted by Gasteiger charge is -2.20. The molecule has 0 fully saturated rings. The first-order valence-corrected chi connectivity index (χ1v) is 6.05. The van der Waals surface area contributed by atoms with Gasteiger partial charge in [-0.25, -0.2) is 9.18 Å². The molecule has 0 aliphatic rings. The van der Waals surface area contributed by atoms with E-state index >= 15 is 0 Å². The van der Waals surface area contributed by atoms with Crippen LogP contribution in [0.15, 0.2) is 16.6 Å². The third-order valence-corrected chi connectivity index (χ3v) is 2.32. The second-order valence-electron chi connectivity index (χ2n) is 4.60. The van der Waals surface area contributed by atoms with Crippen LogP contribution in [0.5, 0.6) is 5.75 Å². The number of rotatable bonds is 2. The van der Waals surface area contributed by atoms with Crippen molar-refractivity contribution in [3.8, 4) is 5.75 Å². The van der Waals surface area contributed by atoms with E-state index in [1.54, 1.807) is 20.8 Å². The van der Waals surface area contributed by atoms with Crippen molar-refractivity contribution in [1.29, 1.82) is 0 Å². The van der Waals surface area contributed by atoms with Gasteiger partial charge in [-0.05, 0) is 32.9 Å². The van der Waals surface area contributed by atoms with Gasteiger partial charge in [0.1, 0.15) is 5.60 Å². The van der Waals surface area contributed by atoms with Gasteiger partial charge in [0.25, 0.3) is 0 Å². The molecule has 0 saturated carbocycles. The van der Waals surface area contributed by atoms with E-state index in [4.69, 9.17) is 9.47 Å². The van der Waals surface area contributed by atoms with Crippen LogP contribution in [0.3, 0.4) is 0 Å². The van der Waals surface area contributed by atoms with E-state index in [-0.39, 0.29) is 11.4 Å². The van der Waals surface area contributed by atoms with Crippen LogP contribution in [0.2, 0.25) is 0 Å². The highest BCUT2D eigenvalue weighted by Crippen LogP contribution is 2.29. The minimum Gasteiger partial charge on any atom is -0.494 e. The fourth-order valence-corrected chi connectivity index (χ4v) is 1.65. The summed E-state index contributed by atoms with van der Waals surface area (Å²) in [5.74, 6) is -0.609. The van der Waals surface area contributed by atoms with E-state index in [2.05, 4.69) is 21.2 Å². The molecule has 100 valence electrons. The molecule has 0 heterocycles. The number of ether oxygens (including phenoxy) is 2. The summed E-state index contributed by atoms with van der Waals surface area (Å²) in [7, 11) is 1.35. The number of hydrogen-bond acceptors (Lipinski definition) is 3. The normalized spacial score (nSPS) is 11.0. The van der Waals surface area contributed by atoms with Crippen molar-refractivity contribution < 1.29 is 18.7 Å². The first-order valence-electron chi connectivity index (χ1n) is 5.26. The number of methoxy groups -OCH3 is 1. The van der Waals surface area contributed by atoms with Gasteiger partial charge in [-0.2, -0.15) is 0 Å². The Bertz CT molecular complexity index is 457. The van der Waals surface area contributed by atoms with Gasteiger partial charge in [-0.3, -0.25) is 5.32 Å². The molecule has 6 heteroatoms. The summed E-state index contributed by atoms with van der Waals surface area (Å²) in [6.45, 7) is 5.18. The Morgan fingerprint density at radius 1 is 1.39 bits per heavy atom. The smallest absolute Gasteiger partial charge is 0.412 e. The summed E-state index contributed by atoms with van der Waals surface area (Å²) in [4.78, 5) is 11.5. The molecule has 0 unspecified atom stereocenters. The molecule has 18 heavy (non-hydrogen) atoms. The van der Waals surface area contributed by atoms with Crippen molar-refractivity contribution >= 4 is 27.7 Å². The topological polar surface area (TPSA) is 47.6 Å². The maximum absolute atomic E-state index is 13.8. The first kappa shape index (κ1) is 14.8. The van der Waals surface area contributed by atoms with Crippen molar-refractivity contribution in [3.63, 3.8) is 0 Å². The number of carbonyl (C=O) groups is 1. The van der Waals surface area contributed by atoms with Gasteiger partial charge in [-0.15, -0.1) is 0 Å². The van der Waals surface area contributed by atoms with Crippen molar-refractivity contribution in [2.45, 2.75) is 26.4 Å². The number of anilines is 1. The highest BCUT2D eigenvalue weighted by atomic mass is 79.9. The van der Waals surface area contributed by atoms with Crippen molar-refractivity contribution in [1.82, 2.24) is 0 Å². The summed E-state index contributed by atoms with van der Waals surface area (Å²) < 4.78 is 24.3. The largest absolute Gasteiger partial charge is 0.494 e. The van der Waals surface area contributed by atoms with Crippen LogP contribution < -0.4 is 10.1 Å². The summed E-state index contributed by atoms with van der Waals surface area (Å²) in [5, 5.41) is 2.34. The zero-order valence-corrected chi connectivity index (χ0v) is 12.2. The van der Waals surface area contributed by atoms with Gasteiger partial charge < -0.3 is 9.47 Å². The molecule has 1 aromatic rings. The molecule has 4 nitrogen and oxygen atoms in total. The van der Waals surface area contributed by atoms with Crippen molar-refractivity contribution in [2.75, 3.05) is 12.4 Å². The average molecular weight is 320 g/mol. The molecule has 0 aromatic heterocycles. The second kappa shape index (κ2) is 5.56. The van der Waals surface area contributed by atoms with Gasteiger partial charge in [0.15, 0.2) is 11.6 Å². The number of nitrogens with one attached hydrogen (secondary N) is 1. The van der Waals surface area contributed by atoms with Crippen molar-refractivity contribution in [3.05, 3.63) is 22.4 Å². The van der Waals surface area contributed by atoms with E-state index in [9.17, 15) is 9.18 Å². The summed E-state index contributed by atoms with van der Waals surface area (Å²) in [6.07, 6.45) is -0.721. The Hall–Kier alpha value is -1.30. The Kier molecular flexibility index (Phi) is 4.56.